The maximum atomic E-state index is 11.1. The van der Waals surface area contributed by atoms with Gasteiger partial charge in [0.1, 0.15) is 35.9 Å². The van der Waals surface area contributed by atoms with Crippen LogP contribution in [0.3, 0.4) is 0 Å². The fourth-order valence-corrected chi connectivity index (χ4v) is 7.64. The topological polar surface area (TPSA) is 108 Å². The van der Waals surface area contributed by atoms with Gasteiger partial charge in [-0.05, 0) is 132 Å². The third-order valence-electron chi connectivity index (χ3n) is 10.1. The van der Waals surface area contributed by atoms with Crippen molar-refractivity contribution >= 4 is 22.6 Å². The minimum absolute atomic E-state index is 0.0578. The molecule has 1 unspecified atom stereocenters. The molecule has 51 heavy (non-hydrogen) atoms. The molecule has 1 saturated heterocycles. The number of nitrogens with one attached hydrogen (secondary N) is 1. The van der Waals surface area contributed by atoms with Crippen LogP contribution in [-0.2, 0) is 0 Å². The molecule has 3 N–H and O–H groups in total. The number of aryl methyl sites for hydroxylation is 1. The van der Waals surface area contributed by atoms with E-state index < -0.39 is 24.4 Å². The molecular weight excluding hydrogens is 761 g/mol. The summed E-state index contributed by atoms with van der Waals surface area (Å²) in [4.78, 5) is 0. The molecule has 8 atom stereocenters. The van der Waals surface area contributed by atoms with Crippen LogP contribution in [0.2, 0.25) is 0 Å². The summed E-state index contributed by atoms with van der Waals surface area (Å²) in [5.41, 5.74) is 4.62. The third kappa shape index (κ3) is 8.35. The Morgan fingerprint density at radius 1 is 0.569 bits per heavy atom. The molecule has 0 aromatic heterocycles. The quantitative estimate of drug-likeness (QED) is 0.109. The lowest BCUT2D eigenvalue weighted by Crippen LogP contribution is -2.23. The highest BCUT2D eigenvalue weighted by atomic mass is 127. The lowest BCUT2D eigenvalue weighted by molar-refractivity contribution is 0.0450. The molecule has 1 fully saturated rings. The number of hydrogen-bond acceptors (Lipinski definition) is 9. The van der Waals surface area contributed by atoms with Gasteiger partial charge >= 0.3 is 0 Å². The minimum Gasteiger partial charge on any atom is -0.496 e. The molecule has 0 aliphatic carbocycles. The molecule has 0 spiro atoms. The first-order chi connectivity index (χ1) is 24.4. The fourth-order valence-electron chi connectivity index (χ4n) is 6.88. The van der Waals surface area contributed by atoms with E-state index in [1.807, 2.05) is 81.4 Å². The van der Waals surface area contributed by atoms with Crippen molar-refractivity contribution in [2.24, 2.45) is 11.8 Å². The van der Waals surface area contributed by atoms with Gasteiger partial charge in [-0.25, -0.2) is 0 Å². The van der Waals surface area contributed by atoms with Crippen LogP contribution in [0, 0.1) is 22.3 Å². The molecule has 1 aliphatic heterocycles. The first-order valence-corrected chi connectivity index (χ1v) is 18.3. The summed E-state index contributed by atoms with van der Waals surface area (Å²) in [6.45, 7) is 10.2. The van der Waals surface area contributed by atoms with Gasteiger partial charge in [0.15, 0.2) is 23.0 Å². The Labute approximate surface area is 315 Å². The Balaban J connectivity index is 1.28. The van der Waals surface area contributed by atoms with E-state index in [2.05, 4.69) is 53.9 Å². The smallest absolute Gasteiger partial charge is 0.161 e. The predicted molar refractivity (Wildman–Crippen MR) is 206 cm³/mol. The van der Waals surface area contributed by atoms with E-state index >= 15 is 0 Å². The molecule has 0 saturated carbocycles. The molecular formula is C41H50INO8. The van der Waals surface area contributed by atoms with Gasteiger partial charge in [-0.2, -0.15) is 0 Å². The van der Waals surface area contributed by atoms with Crippen LogP contribution in [0.4, 0.5) is 0 Å². The normalized spacial score (nSPS) is 20.9. The maximum Gasteiger partial charge on any atom is 0.161 e. The number of halogens is 1. The second-order valence-corrected chi connectivity index (χ2v) is 14.5. The van der Waals surface area contributed by atoms with Crippen molar-refractivity contribution in [2.75, 3.05) is 28.4 Å². The second kappa shape index (κ2) is 16.8. The Hall–Kier alpha value is -3.71. The predicted octanol–water partition coefficient (Wildman–Crippen LogP) is 8.29. The van der Waals surface area contributed by atoms with E-state index in [1.165, 1.54) is 0 Å². The summed E-state index contributed by atoms with van der Waals surface area (Å²) < 4.78 is 35.7. The molecule has 0 radical (unpaired) electrons. The first kappa shape index (κ1) is 38.5. The summed E-state index contributed by atoms with van der Waals surface area (Å²) in [6, 6.07) is 23.3. The lowest BCUT2D eigenvalue weighted by Gasteiger charge is -2.24. The van der Waals surface area contributed by atoms with Gasteiger partial charge in [-0.3, -0.25) is 0 Å². The number of rotatable bonds is 14. The Morgan fingerprint density at radius 3 is 1.39 bits per heavy atom. The van der Waals surface area contributed by atoms with Crippen LogP contribution in [0.5, 0.6) is 34.5 Å². The monoisotopic (exact) mass is 811 g/mol. The minimum atomic E-state index is -0.841. The Morgan fingerprint density at radius 2 is 0.980 bits per heavy atom. The molecule has 10 heteroatoms. The molecule has 5 rings (SSSR count). The van der Waals surface area contributed by atoms with Crippen molar-refractivity contribution in [3.05, 3.63) is 104 Å². The molecule has 9 nitrogen and oxygen atoms in total. The molecule has 0 amide bonds. The standard InChI is InChI=1S/C41H50INO8/c1-22-18-29(12-14-32(22)46-6)40(44)25(4)50-34-16-10-27(20-36(34)48-8)38-23(2)24(3)39(43-38)28-11-17-35(37(21-28)49-9)51-26(5)41(45)30-13-15-33(47-7)31(42)19-30/h10-21,23-26,38-41,43-45H,1-9H3/t23-,24-,25-,26-,38?,39+,40+,41+/m1/s1. The zero-order valence-corrected chi connectivity index (χ0v) is 32.9. The van der Waals surface area contributed by atoms with E-state index in [4.69, 9.17) is 28.4 Å². The van der Waals surface area contributed by atoms with Crippen molar-refractivity contribution in [3.63, 3.8) is 0 Å². The van der Waals surface area contributed by atoms with Crippen LogP contribution in [0.25, 0.3) is 0 Å². The SMILES string of the molecule is COc1ccc([C@@H](O)[C@@H](C)Oc2ccc(C3N[C@H](c4ccc(O[C@H](C)[C@H](O)c5ccc(OC)c(I)c5)c(OC)c4)[C@H](C)[C@H]3C)cc2OC)cc1C. The van der Waals surface area contributed by atoms with Gasteiger partial charge in [0.25, 0.3) is 0 Å². The van der Waals surface area contributed by atoms with Gasteiger partial charge in [0.05, 0.1) is 32.0 Å². The average molecular weight is 812 g/mol. The van der Waals surface area contributed by atoms with E-state index in [9.17, 15) is 10.2 Å². The fraction of sp³-hybridized carbons (Fsp3) is 0.415. The van der Waals surface area contributed by atoms with Crippen molar-refractivity contribution in [1.29, 1.82) is 0 Å². The van der Waals surface area contributed by atoms with Crippen molar-refractivity contribution in [1.82, 2.24) is 5.32 Å². The number of methoxy groups -OCH3 is 4. The zero-order chi connectivity index (χ0) is 37.0. The number of benzene rings is 4. The number of ether oxygens (including phenoxy) is 6. The molecule has 1 aliphatic rings. The molecule has 274 valence electrons. The van der Waals surface area contributed by atoms with Crippen LogP contribution >= 0.6 is 22.6 Å². The number of aliphatic hydroxyl groups excluding tert-OH is 2. The van der Waals surface area contributed by atoms with Gasteiger partial charge < -0.3 is 44.0 Å². The Bertz CT molecular complexity index is 1670. The van der Waals surface area contributed by atoms with Crippen molar-refractivity contribution < 1.29 is 38.6 Å². The average Bonchev–Trinajstić information content (AvgIpc) is 3.44. The summed E-state index contributed by atoms with van der Waals surface area (Å²) >= 11 is 2.20. The van der Waals surface area contributed by atoms with E-state index in [-0.39, 0.29) is 12.1 Å². The van der Waals surface area contributed by atoms with E-state index in [0.29, 0.717) is 34.8 Å². The highest BCUT2D eigenvalue weighted by molar-refractivity contribution is 14.1. The zero-order valence-electron chi connectivity index (χ0n) is 30.8. The van der Waals surface area contributed by atoms with Crippen LogP contribution in [0.15, 0.2) is 72.8 Å². The highest BCUT2D eigenvalue weighted by Gasteiger charge is 2.39. The van der Waals surface area contributed by atoms with Gasteiger partial charge in [0, 0.05) is 12.1 Å². The van der Waals surface area contributed by atoms with Crippen molar-refractivity contribution in [2.45, 2.75) is 71.1 Å². The third-order valence-corrected chi connectivity index (χ3v) is 11.0. The molecule has 4 aromatic rings. The summed E-state index contributed by atoms with van der Waals surface area (Å²) in [6.07, 6.45) is -2.73. The number of hydrogen-bond donors (Lipinski definition) is 3. The summed E-state index contributed by atoms with van der Waals surface area (Å²) in [7, 11) is 6.52. The number of aliphatic hydroxyl groups is 2. The summed E-state index contributed by atoms with van der Waals surface area (Å²) in [5, 5.41) is 26.0. The molecule has 1 heterocycles. The lowest BCUT2D eigenvalue weighted by atomic mass is 9.85. The Kier molecular flexibility index (Phi) is 12.7. The van der Waals surface area contributed by atoms with E-state index in [0.717, 1.165) is 42.9 Å². The van der Waals surface area contributed by atoms with Crippen LogP contribution in [0.1, 0.15) is 79.8 Å². The van der Waals surface area contributed by atoms with Gasteiger partial charge in [0.2, 0.25) is 0 Å². The first-order valence-electron chi connectivity index (χ1n) is 17.2. The van der Waals surface area contributed by atoms with Gasteiger partial charge in [-0.15, -0.1) is 0 Å². The maximum absolute atomic E-state index is 11.1. The van der Waals surface area contributed by atoms with Crippen LogP contribution in [-0.4, -0.2) is 50.9 Å². The molecule has 4 aromatic carbocycles. The van der Waals surface area contributed by atoms with Crippen LogP contribution < -0.4 is 33.7 Å². The second-order valence-electron chi connectivity index (χ2n) is 13.3. The van der Waals surface area contributed by atoms with Gasteiger partial charge in [-0.1, -0.05) is 38.1 Å². The largest absolute Gasteiger partial charge is 0.496 e. The summed E-state index contributed by atoms with van der Waals surface area (Å²) in [5.74, 6) is 4.47. The van der Waals surface area contributed by atoms with E-state index in [1.54, 1.807) is 28.4 Å². The van der Waals surface area contributed by atoms with Crippen molar-refractivity contribution in [3.8, 4) is 34.5 Å². The molecule has 0 bridgehead atoms. The highest BCUT2D eigenvalue weighted by Crippen LogP contribution is 2.46.